The number of halogens is 1. The van der Waals surface area contributed by atoms with E-state index < -0.39 is 0 Å². The SMILES string of the molecule is C=CCCCC/C(CCC)=C(/C)F.CC. The van der Waals surface area contributed by atoms with Gasteiger partial charge in [0.15, 0.2) is 0 Å². The van der Waals surface area contributed by atoms with Crippen LogP contribution in [0, 0.1) is 0 Å². The Morgan fingerprint density at radius 3 is 2.20 bits per heavy atom. The molecule has 0 aliphatic carbocycles. The average Bonchev–Trinajstić information content (AvgIpc) is 2.25. The van der Waals surface area contributed by atoms with Gasteiger partial charge in [0.1, 0.15) is 0 Å². The van der Waals surface area contributed by atoms with Crippen LogP contribution in [0.3, 0.4) is 0 Å². The van der Waals surface area contributed by atoms with Gasteiger partial charge in [-0.2, -0.15) is 0 Å². The van der Waals surface area contributed by atoms with Gasteiger partial charge in [0.2, 0.25) is 0 Å². The molecule has 0 aliphatic heterocycles. The lowest BCUT2D eigenvalue weighted by Crippen LogP contribution is -1.87. The molecule has 0 saturated heterocycles. The molecule has 0 unspecified atom stereocenters. The Morgan fingerprint density at radius 1 is 1.20 bits per heavy atom. The Hall–Kier alpha value is -0.590. The average molecular weight is 214 g/mol. The van der Waals surface area contributed by atoms with Gasteiger partial charge in [0, 0.05) is 0 Å². The van der Waals surface area contributed by atoms with Crippen molar-refractivity contribution in [1.82, 2.24) is 0 Å². The molecular weight excluding hydrogens is 187 g/mol. The first-order valence-electron chi connectivity index (χ1n) is 6.17. The predicted molar refractivity (Wildman–Crippen MR) is 68.7 cm³/mol. The fourth-order valence-corrected chi connectivity index (χ4v) is 1.40. The van der Waals surface area contributed by atoms with Crippen LogP contribution in [0.2, 0.25) is 0 Å². The van der Waals surface area contributed by atoms with Gasteiger partial charge in [-0.25, -0.2) is 4.39 Å². The first kappa shape index (κ1) is 16.8. The normalized spacial score (nSPS) is 11.3. The van der Waals surface area contributed by atoms with E-state index in [0.717, 1.165) is 44.1 Å². The summed E-state index contributed by atoms with van der Waals surface area (Å²) in [5.74, 6) is 0.0282. The predicted octanol–water partition coefficient (Wildman–Crippen LogP) is 5.80. The fraction of sp³-hybridized carbons (Fsp3) is 0.714. The Kier molecular flexibility index (Phi) is 15.0. The lowest BCUT2D eigenvalue weighted by Gasteiger charge is -2.05. The van der Waals surface area contributed by atoms with Gasteiger partial charge in [-0.05, 0) is 44.6 Å². The zero-order chi connectivity index (χ0) is 12.1. The van der Waals surface area contributed by atoms with Crippen LogP contribution in [0.15, 0.2) is 24.1 Å². The van der Waals surface area contributed by atoms with E-state index in [1.54, 1.807) is 6.92 Å². The smallest absolute Gasteiger partial charge is 0.0960 e. The van der Waals surface area contributed by atoms with Crippen LogP contribution in [0.4, 0.5) is 4.39 Å². The topological polar surface area (TPSA) is 0 Å². The lowest BCUT2D eigenvalue weighted by molar-refractivity contribution is 0.593. The van der Waals surface area contributed by atoms with Gasteiger partial charge in [-0.15, -0.1) is 6.58 Å². The van der Waals surface area contributed by atoms with Crippen molar-refractivity contribution in [2.75, 3.05) is 0 Å². The summed E-state index contributed by atoms with van der Waals surface area (Å²) in [6, 6.07) is 0. The molecule has 0 bridgehead atoms. The van der Waals surface area contributed by atoms with Crippen LogP contribution >= 0.6 is 0 Å². The van der Waals surface area contributed by atoms with Crippen LogP contribution in [-0.2, 0) is 0 Å². The summed E-state index contributed by atoms with van der Waals surface area (Å²) in [5, 5.41) is 0. The van der Waals surface area contributed by atoms with Crippen LogP contribution in [0.25, 0.3) is 0 Å². The van der Waals surface area contributed by atoms with E-state index in [9.17, 15) is 4.39 Å². The minimum atomic E-state index is 0.0282. The molecule has 0 spiro atoms. The van der Waals surface area contributed by atoms with Gasteiger partial charge < -0.3 is 0 Å². The third-order valence-corrected chi connectivity index (χ3v) is 2.18. The molecule has 1 heteroatoms. The van der Waals surface area contributed by atoms with Crippen LogP contribution in [-0.4, -0.2) is 0 Å². The second-order valence-electron chi connectivity index (χ2n) is 3.42. The van der Waals surface area contributed by atoms with Crippen molar-refractivity contribution in [2.24, 2.45) is 0 Å². The van der Waals surface area contributed by atoms with Gasteiger partial charge in [-0.1, -0.05) is 33.3 Å². The quantitative estimate of drug-likeness (QED) is 0.371. The Balaban J connectivity index is 0. The van der Waals surface area contributed by atoms with E-state index in [1.165, 1.54) is 0 Å². The molecule has 0 heterocycles. The largest absolute Gasteiger partial charge is 0.212 e. The molecule has 0 aromatic carbocycles. The molecule has 0 amide bonds. The number of rotatable bonds is 7. The lowest BCUT2D eigenvalue weighted by atomic mass is 10.0. The Bertz CT molecular complexity index is 164. The van der Waals surface area contributed by atoms with E-state index >= 15 is 0 Å². The molecule has 0 aliphatic rings. The summed E-state index contributed by atoms with van der Waals surface area (Å²) in [5.41, 5.74) is 1.01. The number of allylic oxidation sites excluding steroid dienone is 3. The van der Waals surface area contributed by atoms with Crippen molar-refractivity contribution >= 4 is 0 Å². The van der Waals surface area contributed by atoms with Gasteiger partial charge in [-0.3, -0.25) is 0 Å². The third-order valence-electron chi connectivity index (χ3n) is 2.18. The molecule has 0 radical (unpaired) electrons. The zero-order valence-electron chi connectivity index (χ0n) is 10.9. The van der Waals surface area contributed by atoms with E-state index in [-0.39, 0.29) is 5.83 Å². The molecule has 0 N–H and O–H groups in total. The van der Waals surface area contributed by atoms with Gasteiger partial charge in [0.25, 0.3) is 0 Å². The molecule has 0 fully saturated rings. The molecule has 0 saturated carbocycles. The standard InChI is InChI=1S/C12H21F.C2H6/c1-4-6-7-8-10-12(9-5-2)11(3)13;1-2/h4H,1,5-10H2,2-3H3;1-2H3/b12-11-;. The summed E-state index contributed by atoms with van der Waals surface area (Å²) in [7, 11) is 0. The van der Waals surface area contributed by atoms with Crippen molar-refractivity contribution in [1.29, 1.82) is 0 Å². The first-order chi connectivity index (χ1) is 7.22. The van der Waals surface area contributed by atoms with Crippen LogP contribution in [0.5, 0.6) is 0 Å². The molecule has 0 aromatic heterocycles. The highest BCUT2D eigenvalue weighted by molar-refractivity contribution is 5.05. The minimum absolute atomic E-state index is 0.0282. The summed E-state index contributed by atoms with van der Waals surface area (Å²) < 4.78 is 12.9. The van der Waals surface area contributed by atoms with Crippen molar-refractivity contribution in [3.05, 3.63) is 24.1 Å². The minimum Gasteiger partial charge on any atom is -0.212 e. The highest BCUT2D eigenvalue weighted by atomic mass is 19.1. The molecule has 0 nitrogen and oxygen atoms in total. The second kappa shape index (κ2) is 13.4. The number of hydrogen-bond donors (Lipinski definition) is 0. The van der Waals surface area contributed by atoms with Gasteiger partial charge in [0.05, 0.1) is 5.83 Å². The fourth-order valence-electron chi connectivity index (χ4n) is 1.40. The Morgan fingerprint density at radius 2 is 1.80 bits per heavy atom. The van der Waals surface area contributed by atoms with Crippen molar-refractivity contribution in [3.63, 3.8) is 0 Å². The zero-order valence-corrected chi connectivity index (χ0v) is 10.9. The van der Waals surface area contributed by atoms with Gasteiger partial charge >= 0.3 is 0 Å². The number of unbranched alkanes of at least 4 members (excludes halogenated alkanes) is 2. The van der Waals surface area contributed by atoms with Crippen LogP contribution < -0.4 is 0 Å². The van der Waals surface area contributed by atoms with Crippen molar-refractivity contribution < 1.29 is 4.39 Å². The van der Waals surface area contributed by atoms with E-state index in [0.29, 0.717) is 0 Å². The number of hydrogen-bond acceptors (Lipinski definition) is 0. The van der Waals surface area contributed by atoms with Crippen LogP contribution in [0.1, 0.15) is 66.2 Å². The van der Waals surface area contributed by atoms with E-state index in [1.807, 2.05) is 19.9 Å². The maximum absolute atomic E-state index is 12.9. The summed E-state index contributed by atoms with van der Waals surface area (Å²) in [6.07, 6.45) is 8.06. The molecule has 0 atom stereocenters. The molecule has 90 valence electrons. The van der Waals surface area contributed by atoms with E-state index in [4.69, 9.17) is 0 Å². The van der Waals surface area contributed by atoms with E-state index in [2.05, 4.69) is 13.5 Å². The Labute approximate surface area is 95.3 Å². The molecular formula is C14H27F. The highest BCUT2D eigenvalue weighted by Gasteiger charge is 2.00. The van der Waals surface area contributed by atoms with Crippen molar-refractivity contribution in [2.45, 2.75) is 66.2 Å². The monoisotopic (exact) mass is 214 g/mol. The maximum Gasteiger partial charge on any atom is 0.0960 e. The maximum atomic E-state index is 12.9. The second-order valence-corrected chi connectivity index (χ2v) is 3.42. The first-order valence-corrected chi connectivity index (χ1v) is 6.17. The van der Waals surface area contributed by atoms with Crippen molar-refractivity contribution in [3.8, 4) is 0 Å². The summed E-state index contributed by atoms with van der Waals surface area (Å²) in [4.78, 5) is 0. The summed E-state index contributed by atoms with van der Waals surface area (Å²) >= 11 is 0. The highest BCUT2D eigenvalue weighted by Crippen LogP contribution is 2.19. The summed E-state index contributed by atoms with van der Waals surface area (Å²) in [6.45, 7) is 11.3. The molecule has 0 rings (SSSR count). The molecule has 15 heavy (non-hydrogen) atoms. The third kappa shape index (κ3) is 11.3. The molecule has 0 aromatic rings.